The third-order valence-electron chi connectivity index (χ3n) is 3.91. The summed E-state index contributed by atoms with van der Waals surface area (Å²) in [7, 11) is 0. The van der Waals surface area contributed by atoms with E-state index in [-0.39, 0.29) is 12.8 Å². The molecule has 8 nitrogen and oxygen atoms in total. The summed E-state index contributed by atoms with van der Waals surface area (Å²) in [6.07, 6.45) is 3.27. The summed E-state index contributed by atoms with van der Waals surface area (Å²) in [5.74, 6) is -1.30. The number of carboxylic acids is 2. The number of nitrogens with one attached hydrogen (secondary N) is 2. The summed E-state index contributed by atoms with van der Waals surface area (Å²) >= 11 is 8.07. The Morgan fingerprint density at radius 3 is 2.48 bits per heavy atom. The zero-order valence-electron chi connectivity index (χ0n) is 14.6. The Morgan fingerprint density at radius 2 is 1.85 bits per heavy atom. The molecule has 2 aromatic rings. The molecule has 0 aliphatic carbocycles. The van der Waals surface area contributed by atoms with Crippen LogP contribution in [0, 0.1) is 0 Å². The second-order valence-electron chi connectivity index (χ2n) is 5.81. The smallest absolute Gasteiger partial charge is 0.303 e. The van der Waals surface area contributed by atoms with Crippen LogP contribution in [-0.4, -0.2) is 50.7 Å². The monoisotopic (exact) mass is 412 g/mol. The Kier molecular flexibility index (Phi) is 8.56. The average molecular weight is 413 g/mol. The molecular weight excluding hydrogens is 392 g/mol. The number of carboxylic acid groups (broad SMARTS) is 2. The summed E-state index contributed by atoms with van der Waals surface area (Å²) in [4.78, 5) is 19.3. The van der Waals surface area contributed by atoms with Crippen LogP contribution in [0.5, 0.6) is 0 Å². The van der Waals surface area contributed by atoms with Crippen molar-refractivity contribution in [1.29, 1.82) is 0 Å². The molecule has 0 fully saturated rings. The van der Waals surface area contributed by atoms with Crippen molar-refractivity contribution in [3.63, 3.8) is 0 Å². The van der Waals surface area contributed by atoms with Crippen LogP contribution in [0.2, 0.25) is 5.02 Å². The fourth-order valence-corrected chi connectivity index (χ4v) is 3.78. The minimum absolute atomic E-state index is 0.296. The first kappa shape index (κ1) is 21.2. The molecule has 27 heavy (non-hydrogen) atoms. The third-order valence-corrected chi connectivity index (χ3v) is 5.21. The maximum atomic E-state index is 9.64. The number of nitrogens with zero attached hydrogens (tertiary/aromatic N) is 2. The van der Waals surface area contributed by atoms with Crippen LogP contribution in [0.3, 0.4) is 0 Å². The zero-order valence-corrected chi connectivity index (χ0v) is 16.1. The highest BCUT2D eigenvalue weighted by molar-refractivity contribution is 7.98. The molecule has 3 rings (SSSR count). The lowest BCUT2D eigenvalue weighted by Crippen LogP contribution is -2.16. The molecule has 0 spiro atoms. The first-order valence-corrected chi connectivity index (χ1v) is 9.76. The number of hydrogen-bond donors (Lipinski definition) is 4. The quantitative estimate of drug-likeness (QED) is 0.532. The van der Waals surface area contributed by atoms with E-state index in [0.29, 0.717) is 0 Å². The number of halogens is 1. The molecule has 0 saturated carbocycles. The Hall–Kier alpha value is -2.10. The summed E-state index contributed by atoms with van der Waals surface area (Å²) in [5.41, 5.74) is 4.09. The maximum Gasteiger partial charge on any atom is 0.303 e. The fraction of sp³-hybridized carbons (Fsp3) is 0.412. The highest BCUT2D eigenvalue weighted by atomic mass is 35.5. The van der Waals surface area contributed by atoms with E-state index in [4.69, 9.17) is 21.8 Å². The van der Waals surface area contributed by atoms with Gasteiger partial charge in [-0.1, -0.05) is 22.9 Å². The molecule has 4 N–H and O–H groups in total. The summed E-state index contributed by atoms with van der Waals surface area (Å²) in [5, 5.41) is 31.4. The van der Waals surface area contributed by atoms with Crippen molar-refractivity contribution < 1.29 is 19.8 Å². The van der Waals surface area contributed by atoms with E-state index < -0.39 is 11.9 Å². The van der Waals surface area contributed by atoms with E-state index in [1.807, 2.05) is 6.07 Å². The Labute approximate surface area is 165 Å². The number of aromatic nitrogens is 3. The third kappa shape index (κ3) is 7.20. The second-order valence-corrected chi connectivity index (χ2v) is 7.23. The first-order chi connectivity index (χ1) is 13.0. The van der Waals surface area contributed by atoms with E-state index in [1.54, 1.807) is 18.0 Å². The predicted molar refractivity (Wildman–Crippen MR) is 102 cm³/mol. The summed E-state index contributed by atoms with van der Waals surface area (Å²) in [6.45, 7) is 2.07. The van der Waals surface area contributed by atoms with E-state index >= 15 is 0 Å². The van der Waals surface area contributed by atoms with Gasteiger partial charge in [0.2, 0.25) is 0 Å². The molecule has 10 heteroatoms. The van der Waals surface area contributed by atoms with Gasteiger partial charge in [0, 0.05) is 10.8 Å². The molecule has 0 radical (unpaired) electrons. The van der Waals surface area contributed by atoms with Gasteiger partial charge in [0.15, 0.2) is 0 Å². The van der Waals surface area contributed by atoms with E-state index in [0.717, 1.165) is 41.7 Å². The molecule has 1 aliphatic heterocycles. The van der Waals surface area contributed by atoms with Crippen LogP contribution in [0.4, 0.5) is 0 Å². The second kappa shape index (κ2) is 10.9. The molecule has 1 aromatic carbocycles. The largest absolute Gasteiger partial charge is 0.481 e. The van der Waals surface area contributed by atoms with Gasteiger partial charge >= 0.3 is 11.9 Å². The van der Waals surface area contributed by atoms with Crippen molar-refractivity contribution in [2.24, 2.45) is 0 Å². The number of carbonyl (C=O) groups is 2. The highest BCUT2D eigenvalue weighted by Crippen LogP contribution is 2.31. The van der Waals surface area contributed by atoms with Crippen molar-refractivity contribution >= 4 is 35.3 Å². The number of aromatic amines is 1. The van der Waals surface area contributed by atoms with Crippen LogP contribution in [0.25, 0.3) is 0 Å². The lowest BCUT2D eigenvalue weighted by molar-refractivity contribution is -0.143. The molecule has 1 aromatic heterocycles. The maximum absolute atomic E-state index is 9.64. The number of H-pyrrole nitrogens is 1. The standard InChI is InChI=1S/C13H15ClN4S.C4H6O4/c14-12-2-1-9-3-5-15-6-4-10(9)11(12)8-19-13-7-16-18-17-13;5-3(6)1-2-4(7)8/h1-2,7,15H,3-6,8H2,(H,16,17,18);1-2H2,(H,5,6)(H,7,8). The summed E-state index contributed by atoms with van der Waals surface area (Å²) < 4.78 is 0. The topological polar surface area (TPSA) is 128 Å². The molecule has 2 heterocycles. The van der Waals surface area contributed by atoms with Crippen LogP contribution < -0.4 is 5.32 Å². The van der Waals surface area contributed by atoms with Gasteiger partial charge in [-0.3, -0.25) is 14.7 Å². The molecule has 0 atom stereocenters. The van der Waals surface area contributed by atoms with Crippen molar-refractivity contribution in [2.75, 3.05) is 13.1 Å². The minimum atomic E-state index is -1.08. The van der Waals surface area contributed by atoms with Crippen molar-refractivity contribution in [3.05, 3.63) is 40.0 Å². The predicted octanol–water partition coefficient (Wildman–Crippen LogP) is 2.37. The number of rotatable bonds is 6. The first-order valence-electron chi connectivity index (χ1n) is 8.39. The highest BCUT2D eigenvalue weighted by Gasteiger charge is 2.15. The zero-order chi connectivity index (χ0) is 19.6. The van der Waals surface area contributed by atoms with Gasteiger partial charge in [0.25, 0.3) is 0 Å². The van der Waals surface area contributed by atoms with Gasteiger partial charge in [-0.05, 0) is 48.7 Å². The van der Waals surface area contributed by atoms with E-state index in [1.165, 1.54) is 16.7 Å². The lowest BCUT2D eigenvalue weighted by Gasteiger charge is -2.13. The van der Waals surface area contributed by atoms with E-state index in [9.17, 15) is 9.59 Å². The van der Waals surface area contributed by atoms with Crippen LogP contribution in [0.1, 0.15) is 29.5 Å². The van der Waals surface area contributed by atoms with Crippen molar-refractivity contribution in [2.45, 2.75) is 36.5 Å². The molecule has 0 amide bonds. The molecule has 1 aliphatic rings. The number of benzene rings is 1. The van der Waals surface area contributed by atoms with Gasteiger partial charge in [0.1, 0.15) is 5.03 Å². The van der Waals surface area contributed by atoms with Gasteiger partial charge in [-0.25, -0.2) is 0 Å². The summed E-state index contributed by atoms with van der Waals surface area (Å²) in [6, 6.07) is 4.18. The molecular formula is C17H21ClN4O4S. The van der Waals surface area contributed by atoms with Crippen LogP contribution in [0.15, 0.2) is 23.4 Å². The molecule has 0 unspecified atom stereocenters. The SMILES string of the molecule is Clc1ccc2c(c1CSc1cnn[nH]1)CCNCC2.O=C(O)CCC(=O)O. The van der Waals surface area contributed by atoms with Gasteiger partial charge in [-0.15, -0.1) is 16.9 Å². The Balaban J connectivity index is 0.000000279. The Morgan fingerprint density at radius 1 is 1.15 bits per heavy atom. The van der Waals surface area contributed by atoms with E-state index in [2.05, 4.69) is 26.8 Å². The average Bonchev–Trinajstić information content (AvgIpc) is 3.03. The molecule has 146 valence electrons. The van der Waals surface area contributed by atoms with Crippen molar-refractivity contribution in [3.8, 4) is 0 Å². The van der Waals surface area contributed by atoms with Gasteiger partial charge in [-0.2, -0.15) is 0 Å². The van der Waals surface area contributed by atoms with Gasteiger partial charge < -0.3 is 15.5 Å². The Bertz CT molecular complexity index is 757. The molecule has 0 saturated heterocycles. The van der Waals surface area contributed by atoms with Crippen LogP contribution in [-0.2, 0) is 28.2 Å². The number of fused-ring (bicyclic) bond motifs is 1. The van der Waals surface area contributed by atoms with Gasteiger partial charge in [0.05, 0.1) is 19.0 Å². The number of hydrogen-bond acceptors (Lipinski definition) is 6. The lowest BCUT2D eigenvalue weighted by atomic mass is 9.98. The molecule has 0 bridgehead atoms. The minimum Gasteiger partial charge on any atom is -0.481 e. The normalized spacial score (nSPS) is 13.1. The van der Waals surface area contributed by atoms with Crippen LogP contribution >= 0.6 is 23.4 Å². The van der Waals surface area contributed by atoms with Crippen molar-refractivity contribution in [1.82, 2.24) is 20.7 Å². The fourth-order valence-electron chi connectivity index (χ4n) is 2.60. The number of thioether (sulfide) groups is 1. The number of aliphatic carboxylic acids is 2.